The summed E-state index contributed by atoms with van der Waals surface area (Å²) in [6.07, 6.45) is 23.2. The van der Waals surface area contributed by atoms with Gasteiger partial charge in [-0.15, -0.1) is 0 Å². The number of hydrogen-bond acceptors (Lipinski definition) is 3. The van der Waals surface area contributed by atoms with Gasteiger partial charge >= 0.3 is 5.97 Å². The molecule has 0 aliphatic rings. The number of carboxylic acid groups (broad SMARTS) is 1. The highest BCUT2D eigenvalue weighted by Crippen LogP contribution is 2.09. The average molecular weight is 358 g/mol. The normalized spacial score (nSPS) is 10.7. The number of aliphatic carboxylic acids is 1. The van der Waals surface area contributed by atoms with Crippen molar-refractivity contribution in [1.29, 1.82) is 0 Å². The van der Waals surface area contributed by atoms with E-state index in [9.17, 15) is 4.79 Å². The highest BCUT2D eigenvalue weighted by molar-refractivity contribution is 5.68. The van der Waals surface area contributed by atoms with Gasteiger partial charge in [0.1, 0.15) is 0 Å². The lowest BCUT2D eigenvalue weighted by molar-refractivity contribution is -0.135. The number of carboxylic acids is 1. The predicted octanol–water partition coefficient (Wildman–Crippen LogP) is 5.31. The molecule has 0 heterocycles. The number of rotatable bonds is 17. The number of aliphatic hydroxyl groups is 1. The topological polar surface area (TPSA) is 69.6 Å². The smallest absolute Gasteiger partial charge is 0.317 e. The molecule has 0 aromatic carbocycles. The molecule has 4 heteroatoms. The summed E-state index contributed by atoms with van der Waals surface area (Å²) in [4.78, 5) is 9.54. The number of unbranched alkanes of at least 4 members (excludes halogenated alkanes) is 12. The molecule has 0 amide bonds. The number of likely N-dealkylation sites (N-methyl/N-ethyl adjacent to an activating group) is 1. The Balaban J connectivity index is 0. The van der Waals surface area contributed by atoms with E-state index in [-0.39, 0.29) is 6.54 Å². The Morgan fingerprint density at radius 2 is 1.24 bits per heavy atom. The van der Waals surface area contributed by atoms with Crippen molar-refractivity contribution in [1.82, 2.24) is 5.32 Å². The van der Waals surface area contributed by atoms with Gasteiger partial charge in [-0.2, -0.15) is 0 Å². The van der Waals surface area contributed by atoms with Gasteiger partial charge < -0.3 is 15.5 Å². The summed E-state index contributed by atoms with van der Waals surface area (Å²) >= 11 is 0. The molecule has 0 aromatic heterocycles. The Bertz CT molecular complexity index is 280. The van der Waals surface area contributed by atoms with Crippen LogP contribution in [0.2, 0.25) is 0 Å². The molecule has 0 rings (SSSR count). The summed E-state index contributed by atoms with van der Waals surface area (Å²) in [6.45, 7) is 2.68. The molecule has 0 fully saturated rings. The van der Waals surface area contributed by atoms with Gasteiger partial charge in [0.25, 0.3) is 0 Å². The monoisotopic (exact) mass is 357 g/mol. The molecule has 0 aliphatic carbocycles. The van der Waals surface area contributed by atoms with Gasteiger partial charge in [-0.25, -0.2) is 0 Å². The number of allylic oxidation sites excluding steroid dienone is 2. The maximum Gasteiger partial charge on any atom is 0.317 e. The Morgan fingerprint density at radius 3 is 1.60 bits per heavy atom. The van der Waals surface area contributed by atoms with Crippen molar-refractivity contribution in [3.63, 3.8) is 0 Å². The third-order valence-corrected chi connectivity index (χ3v) is 4.00. The summed E-state index contributed by atoms with van der Waals surface area (Å²) < 4.78 is 0. The maximum absolute atomic E-state index is 9.54. The Labute approximate surface area is 156 Å². The number of carbonyl (C=O) groups is 1. The second-order valence-corrected chi connectivity index (χ2v) is 6.59. The van der Waals surface area contributed by atoms with Crippen LogP contribution < -0.4 is 5.32 Å². The van der Waals surface area contributed by atoms with Crippen LogP contribution in [0.3, 0.4) is 0 Å². The molecular weight excluding hydrogens is 314 g/mol. The van der Waals surface area contributed by atoms with E-state index in [2.05, 4.69) is 24.4 Å². The van der Waals surface area contributed by atoms with Crippen LogP contribution in [-0.2, 0) is 4.79 Å². The molecule has 0 saturated heterocycles. The van der Waals surface area contributed by atoms with E-state index < -0.39 is 5.97 Å². The Kier molecular flexibility index (Phi) is 26.8. The van der Waals surface area contributed by atoms with Gasteiger partial charge in [-0.05, 0) is 39.2 Å². The molecule has 0 spiro atoms. The molecule has 150 valence electrons. The van der Waals surface area contributed by atoms with E-state index in [1.807, 2.05) is 0 Å². The zero-order valence-electron chi connectivity index (χ0n) is 16.8. The zero-order valence-corrected chi connectivity index (χ0v) is 16.8. The van der Waals surface area contributed by atoms with Crippen LogP contribution in [0.5, 0.6) is 0 Å². The minimum Gasteiger partial charge on any atom is -0.480 e. The first kappa shape index (κ1) is 26.4. The van der Waals surface area contributed by atoms with Gasteiger partial charge in [0.2, 0.25) is 0 Å². The standard InChI is InChI=1S/C18H36O.C3H7NO2/c1-2-3-4-5-6-7-8-9-10-11-12-13-14-15-16-17-18-19;1-4-2-3(5)6/h9-10,19H,2-8,11-18H2,1H3;4H,2H2,1H3,(H,5,6)/b10-9-;. The highest BCUT2D eigenvalue weighted by atomic mass is 16.4. The van der Waals surface area contributed by atoms with Crippen LogP contribution in [0, 0.1) is 0 Å². The van der Waals surface area contributed by atoms with Crippen molar-refractivity contribution in [2.45, 2.75) is 96.8 Å². The molecule has 25 heavy (non-hydrogen) atoms. The molecule has 0 aromatic rings. The number of aliphatic hydroxyl groups excluding tert-OH is 1. The van der Waals surface area contributed by atoms with Crippen molar-refractivity contribution in [3.05, 3.63) is 12.2 Å². The fourth-order valence-electron chi connectivity index (χ4n) is 2.51. The first-order valence-electron chi connectivity index (χ1n) is 10.3. The van der Waals surface area contributed by atoms with E-state index in [1.54, 1.807) is 7.05 Å². The summed E-state index contributed by atoms with van der Waals surface area (Å²) in [7, 11) is 1.59. The van der Waals surface area contributed by atoms with Crippen LogP contribution >= 0.6 is 0 Å². The first-order valence-corrected chi connectivity index (χ1v) is 10.3. The van der Waals surface area contributed by atoms with E-state index in [1.165, 1.54) is 83.5 Å². The maximum atomic E-state index is 9.54. The van der Waals surface area contributed by atoms with Gasteiger partial charge in [0.15, 0.2) is 0 Å². The van der Waals surface area contributed by atoms with Crippen molar-refractivity contribution in [3.8, 4) is 0 Å². The van der Waals surface area contributed by atoms with Crippen LogP contribution in [0.1, 0.15) is 96.8 Å². The van der Waals surface area contributed by atoms with Crippen molar-refractivity contribution in [2.24, 2.45) is 0 Å². The van der Waals surface area contributed by atoms with Crippen LogP contribution in [0.25, 0.3) is 0 Å². The van der Waals surface area contributed by atoms with Gasteiger partial charge in [-0.3, -0.25) is 4.79 Å². The largest absolute Gasteiger partial charge is 0.480 e. The molecule has 0 radical (unpaired) electrons. The van der Waals surface area contributed by atoms with Gasteiger partial charge in [-0.1, -0.05) is 76.9 Å². The quantitative estimate of drug-likeness (QED) is 0.244. The molecule has 4 nitrogen and oxygen atoms in total. The first-order chi connectivity index (χ1) is 12.2. The minimum absolute atomic E-state index is 0.0417. The molecule has 0 bridgehead atoms. The zero-order chi connectivity index (χ0) is 19.0. The van der Waals surface area contributed by atoms with E-state index >= 15 is 0 Å². The second kappa shape index (κ2) is 25.4. The molecule has 0 aliphatic heterocycles. The van der Waals surface area contributed by atoms with E-state index in [4.69, 9.17) is 10.2 Å². The highest BCUT2D eigenvalue weighted by Gasteiger charge is 1.90. The lowest BCUT2D eigenvalue weighted by atomic mass is 10.1. The lowest BCUT2D eigenvalue weighted by Crippen LogP contribution is -2.16. The lowest BCUT2D eigenvalue weighted by Gasteiger charge is -1.99. The van der Waals surface area contributed by atoms with Crippen molar-refractivity contribution in [2.75, 3.05) is 20.2 Å². The Hall–Kier alpha value is -0.870. The molecule has 0 atom stereocenters. The minimum atomic E-state index is -0.822. The molecule has 0 saturated carbocycles. The van der Waals surface area contributed by atoms with Crippen molar-refractivity contribution >= 4 is 5.97 Å². The fourth-order valence-corrected chi connectivity index (χ4v) is 2.51. The molecule has 3 N–H and O–H groups in total. The van der Waals surface area contributed by atoms with Crippen molar-refractivity contribution < 1.29 is 15.0 Å². The Morgan fingerprint density at radius 1 is 0.800 bits per heavy atom. The van der Waals surface area contributed by atoms with Gasteiger partial charge in [0, 0.05) is 6.61 Å². The molecule has 0 unspecified atom stereocenters. The van der Waals surface area contributed by atoms with Crippen LogP contribution in [0.15, 0.2) is 12.2 Å². The average Bonchev–Trinajstić information content (AvgIpc) is 2.59. The SMILES string of the molecule is CCCCCCCC/C=C\CCCCCCCCO.CNCC(=O)O. The van der Waals surface area contributed by atoms with E-state index in [0.29, 0.717) is 6.61 Å². The fraction of sp³-hybridized carbons (Fsp3) is 0.857. The molecular formula is C21H43NO3. The van der Waals surface area contributed by atoms with E-state index in [0.717, 1.165) is 6.42 Å². The summed E-state index contributed by atoms with van der Waals surface area (Å²) in [5, 5.41) is 19.0. The van der Waals surface area contributed by atoms with Crippen LogP contribution in [-0.4, -0.2) is 36.4 Å². The number of nitrogens with one attached hydrogen (secondary N) is 1. The summed E-state index contributed by atoms with van der Waals surface area (Å²) in [6, 6.07) is 0. The third kappa shape index (κ3) is 31.4. The predicted molar refractivity (Wildman–Crippen MR) is 108 cm³/mol. The summed E-state index contributed by atoms with van der Waals surface area (Å²) in [5.41, 5.74) is 0. The summed E-state index contributed by atoms with van der Waals surface area (Å²) in [5.74, 6) is -0.822. The third-order valence-electron chi connectivity index (χ3n) is 4.00. The second-order valence-electron chi connectivity index (χ2n) is 6.59. The van der Waals surface area contributed by atoms with Gasteiger partial charge in [0.05, 0.1) is 6.54 Å². The van der Waals surface area contributed by atoms with Crippen LogP contribution in [0.4, 0.5) is 0 Å². The number of hydrogen-bond donors (Lipinski definition) is 3.